The van der Waals surface area contributed by atoms with Gasteiger partial charge in [-0.3, -0.25) is 0 Å². The fourth-order valence-corrected chi connectivity index (χ4v) is 1.29. The minimum atomic E-state index is -0.771. The van der Waals surface area contributed by atoms with Crippen molar-refractivity contribution in [2.24, 2.45) is 5.73 Å². The third-order valence-corrected chi connectivity index (χ3v) is 2.00. The van der Waals surface area contributed by atoms with E-state index in [2.05, 4.69) is 0 Å². The lowest BCUT2D eigenvalue weighted by Crippen LogP contribution is -2.50. The second kappa shape index (κ2) is 4.15. The Hall–Kier alpha value is -0.200. The van der Waals surface area contributed by atoms with E-state index in [0.717, 1.165) is 0 Å². The second-order valence-electron chi connectivity index (χ2n) is 2.88. The zero-order chi connectivity index (χ0) is 9.14. The van der Waals surface area contributed by atoms with Crippen molar-refractivity contribution >= 4 is 0 Å². The lowest BCUT2D eigenvalue weighted by Gasteiger charge is -2.35. The Labute approximate surface area is 71.1 Å². The summed E-state index contributed by atoms with van der Waals surface area (Å²) in [5.41, 5.74) is 5.33. The van der Waals surface area contributed by atoms with Crippen LogP contribution >= 0.6 is 0 Å². The van der Waals surface area contributed by atoms with Crippen LogP contribution in [0.5, 0.6) is 0 Å². The van der Waals surface area contributed by atoms with Crippen molar-refractivity contribution in [3.05, 3.63) is 0 Å². The van der Waals surface area contributed by atoms with Gasteiger partial charge >= 0.3 is 0 Å². The summed E-state index contributed by atoms with van der Waals surface area (Å²) < 4.78 is 10.0. The second-order valence-corrected chi connectivity index (χ2v) is 2.88. The SMILES string of the molecule is COC1O[C@@H](CN)[C@H](O)C[C@@H]1O. The summed E-state index contributed by atoms with van der Waals surface area (Å²) in [4.78, 5) is 0. The molecule has 1 aliphatic heterocycles. The third-order valence-electron chi connectivity index (χ3n) is 2.00. The van der Waals surface area contributed by atoms with Gasteiger partial charge in [-0.1, -0.05) is 0 Å². The molecule has 0 saturated carbocycles. The standard InChI is InChI=1S/C7H15NO4/c1-11-7-5(10)2-4(9)6(3-8)12-7/h4-7,9-10H,2-3,8H2,1H3/t4-,5+,6+,7?/m1/s1. The molecule has 0 aliphatic carbocycles. The lowest BCUT2D eigenvalue weighted by molar-refractivity contribution is -0.253. The number of hydrogen-bond donors (Lipinski definition) is 3. The molecule has 0 spiro atoms. The highest BCUT2D eigenvalue weighted by atomic mass is 16.7. The molecule has 5 heteroatoms. The van der Waals surface area contributed by atoms with Gasteiger partial charge in [0.15, 0.2) is 6.29 Å². The molecular formula is C7H15NO4. The van der Waals surface area contributed by atoms with Gasteiger partial charge in [0.2, 0.25) is 0 Å². The van der Waals surface area contributed by atoms with E-state index in [4.69, 9.17) is 15.2 Å². The molecular weight excluding hydrogens is 162 g/mol. The van der Waals surface area contributed by atoms with E-state index in [1.807, 2.05) is 0 Å². The van der Waals surface area contributed by atoms with Gasteiger partial charge in [0.1, 0.15) is 6.10 Å². The van der Waals surface area contributed by atoms with Crippen LogP contribution in [0.3, 0.4) is 0 Å². The molecule has 0 amide bonds. The number of aliphatic hydroxyl groups is 2. The van der Waals surface area contributed by atoms with Crippen molar-refractivity contribution in [1.29, 1.82) is 0 Å². The van der Waals surface area contributed by atoms with Crippen LogP contribution in [-0.2, 0) is 9.47 Å². The van der Waals surface area contributed by atoms with Crippen molar-refractivity contribution in [3.63, 3.8) is 0 Å². The van der Waals surface area contributed by atoms with Crippen LogP contribution in [0.15, 0.2) is 0 Å². The number of rotatable bonds is 2. The van der Waals surface area contributed by atoms with Gasteiger partial charge in [0.05, 0.1) is 12.2 Å². The molecule has 72 valence electrons. The van der Waals surface area contributed by atoms with Crippen molar-refractivity contribution in [2.75, 3.05) is 13.7 Å². The topological polar surface area (TPSA) is 84.9 Å². The van der Waals surface area contributed by atoms with E-state index in [1.54, 1.807) is 0 Å². The minimum absolute atomic E-state index is 0.230. The monoisotopic (exact) mass is 177 g/mol. The summed E-state index contributed by atoms with van der Waals surface area (Å²) in [6.45, 7) is 0.230. The zero-order valence-electron chi connectivity index (χ0n) is 7.01. The van der Waals surface area contributed by atoms with Crippen LogP contribution in [0.1, 0.15) is 6.42 Å². The van der Waals surface area contributed by atoms with E-state index < -0.39 is 24.6 Å². The van der Waals surface area contributed by atoms with Gasteiger partial charge in [0.25, 0.3) is 0 Å². The Bertz CT molecular complexity index is 129. The predicted octanol–water partition coefficient (Wildman–Crippen LogP) is -1.57. The number of methoxy groups -OCH3 is 1. The van der Waals surface area contributed by atoms with Crippen LogP contribution in [0.4, 0.5) is 0 Å². The molecule has 1 unspecified atom stereocenters. The van der Waals surface area contributed by atoms with E-state index >= 15 is 0 Å². The van der Waals surface area contributed by atoms with Gasteiger partial charge < -0.3 is 25.4 Å². The highest BCUT2D eigenvalue weighted by molar-refractivity contribution is 4.81. The molecule has 1 rings (SSSR count). The van der Waals surface area contributed by atoms with Crippen LogP contribution in [0, 0.1) is 0 Å². The largest absolute Gasteiger partial charge is 0.390 e. The third kappa shape index (κ3) is 1.94. The maximum Gasteiger partial charge on any atom is 0.183 e. The molecule has 0 bridgehead atoms. The molecule has 0 aromatic heterocycles. The fourth-order valence-electron chi connectivity index (χ4n) is 1.29. The van der Waals surface area contributed by atoms with E-state index in [0.29, 0.717) is 0 Å². The van der Waals surface area contributed by atoms with Crippen LogP contribution in [-0.4, -0.2) is 48.5 Å². The van der Waals surface area contributed by atoms with E-state index in [-0.39, 0.29) is 13.0 Å². The zero-order valence-corrected chi connectivity index (χ0v) is 7.01. The summed E-state index contributed by atoms with van der Waals surface area (Å²) >= 11 is 0. The maximum absolute atomic E-state index is 9.33. The highest BCUT2D eigenvalue weighted by Gasteiger charge is 2.35. The molecule has 1 fully saturated rings. The Morgan fingerprint density at radius 2 is 2.17 bits per heavy atom. The quantitative estimate of drug-likeness (QED) is 0.474. The first-order valence-electron chi connectivity index (χ1n) is 3.93. The van der Waals surface area contributed by atoms with Gasteiger partial charge in [-0.2, -0.15) is 0 Å². The van der Waals surface area contributed by atoms with Gasteiger partial charge in [-0.25, -0.2) is 0 Å². The summed E-state index contributed by atoms with van der Waals surface area (Å²) in [6, 6.07) is 0. The molecule has 5 nitrogen and oxygen atoms in total. The molecule has 12 heavy (non-hydrogen) atoms. The molecule has 1 saturated heterocycles. The highest BCUT2D eigenvalue weighted by Crippen LogP contribution is 2.19. The minimum Gasteiger partial charge on any atom is -0.390 e. The van der Waals surface area contributed by atoms with Crippen molar-refractivity contribution in [2.45, 2.75) is 31.0 Å². The van der Waals surface area contributed by atoms with E-state index in [9.17, 15) is 10.2 Å². The Morgan fingerprint density at radius 3 is 2.67 bits per heavy atom. The number of ether oxygens (including phenoxy) is 2. The van der Waals surface area contributed by atoms with Crippen LogP contribution in [0.2, 0.25) is 0 Å². The van der Waals surface area contributed by atoms with Crippen molar-refractivity contribution < 1.29 is 19.7 Å². The Kier molecular flexibility index (Phi) is 3.42. The van der Waals surface area contributed by atoms with Crippen LogP contribution in [0.25, 0.3) is 0 Å². The molecule has 1 heterocycles. The molecule has 0 aromatic carbocycles. The summed E-state index contributed by atoms with van der Waals surface area (Å²) in [7, 11) is 1.44. The summed E-state index contributed by atoms with van der Waals surface area (Å²) in [5, 5.41) is 18.6. The summed E-state index contributed by atoms with van der Waals surface area (Å²) in [5.74, 6) is 0. The molecule has 4 atom stereocenters. The van der Waals surface area contributed by atoms with Gasteiger partial charge in [-0.15, -0.1) is 0 Å². The van der Waals surface area contributed by atoms with E-state index in [1.165, 1.54) is 7.11 Å². The first-order chi connectivity index (χ1) is 5.69. The predicted molar refractivity (Wildman–Crippen MR) is 41.4 cm³/mol. The molecule has 0 radical (unpaired) electrons. The Morgan fingerprint density at radius 1 is 1.50 bits per heavy atom. The number of hydrogen-bond acceptors (Lipinski definition) is 5. The fraction of sp³-hybridized carbons (Fsp3) is 1.00. The average Bonchev–Trinajstić information content (AvgIpc) is 2.05. The maximum atomic E-state index is 9.33. The number of nitrogens with two attached hydrogens (primary N) is 1. The summed E-state index contributed by atoms with van der Waals surface area (Å²) in [6.07, 6.45) is -2.31. The Balaban J connectivity index is 2.50. The number of aliphatic hydroxyl groups excluding tert-OH is 2. The molecule has 0 aromatic rings. The van der Waals surface area contributed by atoms with Gasteiger partial charge in [-0.05, 0) is 0 Å². The van der Waals surface area contributed by atoms with Crippen LogP contribution < -0.4 is 5.73 Å². The molecule has 4 N–H and O–H groups in total. The van der Waals surface area contributed by atoms with Crippen molar-refractivity contribution in [1.82, 2.24) is 0 Å². The first-order valence-corrected chi connectivity index (χ1v) is 3.93. The van der Waals surface area contributed by atoms with Crippen molar-refractivity contribution in [3.8, 4) is 0 Å². The normalized spacial score (nSPS) is 43.0. The lowest BCUT2D eigenvalue weighted by atomic mass is 10.0. The molecule has 1 aliphatic rings. The van der Waals surface area contributed by atoms with Gasteiger partial charge in [0, 0.05) is 20.1 Å². The first kappa shape index (κ1) is 9.88. The smallest absolute Gasteiger partial charge is 0.183 e. The average molecular weight is 177 g/mol.